The number of halogens is 1. The molecule has 2 aromatic carbocycles. The fraction of sp³-hybridized carbons (Fsp3) is 0.238. The number of aromatic nitrogens is 1. The van der Waals surface area contributed by atoms with E-state index in [1.165, 1.54) is 13.3 Å². The number of hydrogen-bond acceptors (Lipinski definition) is 6. The maximum absolute atomic E-state index is 15.3. The fourth-order valence-electron chi connectivity index (χ4n) is 4.15. The summed E-state index contributed by atoms with van der Waals surface area (Å²) in [5, 5.41) is 9.45. The predicted molar refractivity (Wildman–Crippen MR) is 108 cm³/mol. The molecule has 2 aliphatic rings. The van der Waals surface area contributed by atoms with Crippen molar-refractivity contribution < 1.29 is 23.8 Å². The van der Waals surface area contributed by atoms with E-state index in [9.17, 15) is 14.7 Å². The second-order valence-corrected chi connectivity index (χ2v) is 7.41. The van der Waals surface area contributed by atoms with Gasteiger partial charge in [0.25, 0.3) is 0 Å². The van der Waals surface area contributed by atoms with Crippen LogP contribution < -0.4 is 25.5 Å². The molecule has 1 atom stereocenters. The number of carboxylic acid groups (broad SMARTS) is 1. The first-order valence-electron chi connectivity index (χ1n) is 9.41. The van der Waals surface area contributed by atoms with Gasteiger partial charge in [0.1, 0.15) is 22.5 Å². The molecule has 3 aromatic rings. The third-order valence-electron chi connectivity index (χ3n) is 5.58. The number of rotatable bonds is 3. The van der Waals surface area contributed by atoms with Gasteiger partial charge >= 0.3 is 5.97 Å². The van der Waals surface area contributed by atoms with Crippen molar-refractivity contribution in [1.82, 2.24) is 4.57 Å². The van der Waals surface area contributed by atoms with Crippen molar-refractivity contribution in [3.63, 3.8) is 0 Å². The summed E-state index contributed by atoms with van der Waals surface area (Å²) in [5.74, 6) is -1.01. The molecular formula is C21H18FN3O5. The fourth-order valence-corrected chi connectivity index (χ4v) is 4.15. The lowest BCUT2D eigenvalue weighted by atomic mass is 10.1. The van der Waals surface area contributed by atoms with Crippen molar-refractivity contribution in [2.75, 3.05) is 25.1 Å². The standard InChI is InChI=1S/C21H18FN3O5/c1-29-11-2-3-15-16(6-11)30-20-17-12(19(26)13(21(27)28)9-25(15)17)7-14(22)18(20)24-5-4-10(23)8-24/h2-3,6-7,9-10H,4-5,8,23H2,1H3,(H,27,28). The Bertz CT molecular complexity index is 1290. The molecule has 1 aromatic heterocycles. The quantitative estimate of drug-likeness (QED) is 0.533. The van der Waals surface area contributed by atoms with Crippen molar-refractivity contribution in [3.05, 3.63) is 52.1 Å². The summed E-state index contributed by atoms with van der Waals surface area (Å²) in [6.45, 7) is 0.990. The molecule has 1 saturated heterocycles. The number of carbonyl (C=O) groups is 1. The molecule has 1 fully saturated rings. The van der Waals surface area contributed by atoms with E-state index in [4.69, 9.17) is 15.2 Å². The van der Waals surface area contributed by atoms with E-state index >= 15 is 4.39 Å². The zero-order chi connectivity index (χ0) is 21.2. The molecule has 0 aliphatic carbocycles. The molecule has 3 N–H and O–H groups in total. The molecule has 9 heteroatoms. The van der Waals surface area contributed by atoms with Crippen LogP contribution in [0.4, 0.5) is 10.1 Å². The van der Waals surface area contributed by atoms with Gasteiger partial charge in [-0.2, -0.15) is 0 Å². The lowest BCUT2D eigenvalue weighted by Gasteiger charge is -2.29. The Kier molecular flexibility index (Phi) is 3.97. The Balaban J connectivity index is 1.89. The molecule has 30 heavy (non-hydrogen) atoms. The van der Waals surface area contributed by atoms with Gasteiger partial charge in [0.05, 0.1) is 18.2 Å². The predicted octanol–water partition coefficient (Wildman–Crippen LogP) is 2.48. The first kappa shape index (κ1) is 18.4. The Morgan fingerprint density at radius 3 is 2.83 bits per heavy atom. The molecule has 154 valence electrons. The lowest BCUT2D eigenvalue weighted by molar-refractivity contribution is 0.0695. The van der Waals surface area contributed by atoms with Crippen LogP contribution in [-0.4, -0.2) is 41.9 Å². The van der Waals surface area contributed by atoms with Gasteiger partial charge in [0.15, 0.2) is 17.3 Å². The number of pyridine rings is 1. The monoisotopic (exact) mass is 411 g/mol. The second kappa shape index (κ2) is 6.46. The van der Waals surface area contributed by atoms with Crippen molar-refractivity contribution in [2.45, 2.75) is 12.5 Å². The maximum atomic E-state index is 15.3. The summed E-state index contributed by atoms with van der Waals surface area (Å²) in [4.78, 5) is 26.3. The molecule has 5 rings (SSSR count). The van der Waals surface area contributed by atoms with E-state index < -0.39 is 22.8 Å². The normalized spacial score (nSPS) is 17.0. The number of benzene rings is 2. The highest BCUT2D eigenvalue weighted by atomic mass is 19.1. The molecule has 0 saturated carbocycles. The number of hydrogen-bond donors (Lipinski definition) is 2. The van der Waals surface area contributed by atoms with Gasteiger partial charge in [-0.15, -0.1) is 0 Å². The van der Waals surface area contributed by atoms with Crippen LogP contribution in [0, 0.1) is 5.82 Å². The molecule has 3 heterocycles. The van der Waals surface area contributed by atoms with Gasteiger partial charge in [-0.25, -0.2) is 9.18 Å². The summed E-state index contributed by atoms with van der Waals surface area (Å²) in [7, 11) is 1.51. The first-order valence-corrected chi connectivity index (χ1v) is 9.41. The smallest absolute Gasteiger partial charge is 0.341 e. The first-order chi connectivity index (χ1) is 14.4. The largest absolute Gasteiger partial charge is 0.497 e. The average Bonchev–Trinajstić information content (AvgIpc) is 3.14. The number of anilines is 1. The summed E-state index contributed by atoms with van der Waals surface area (Å²) < 4.78 is 28.2. The number of carboxylic acids is 1. The Labute approximate surface area is 169 Å². The van der Waals surface area contributed by atoms with Crippen LogP contribution in [0.25, 0.3) is 16.6 Å². The lowest BCUT2D eigenvalue weighted by Crippen LogP contribution is -2.28. The van der Waals surface area contributed by atoms with Gasteiger partial charge in [-0.05, 0) is 24.6 Å². The molecular weight excluding hydrogens is 393 g/mol. The van der Waals surface area contributed by atoms with Crippen LogP contribution in [-0.2, 0) is 0 Å². The Morgan fingerprint density at radius 2 is 2.17 bits per heavy atom. The van der Waals surface area contributed by atoms with E-state index in [0.29, 0.717) is 42.2 Å². The van der Waals surface area contributed by atoms with E-state index in [0.717, 1.165) is 6.07 Å². The number of methoxy groups -OCH3 is 1. The zero-order valence-electron chi connectivity index (χ0n) is 16.0. The van der Waals surface area contributed by atoms with Crippen molar-refractivity contribution in [1.29, 1.82) is 0 Å². The molecule has 0 radical (unpaired) electrons. The minimum absolute atomic E-state index is 0.0592. The van der Waals surface area contributed by atoms with Crippen molar-refractivity contribution in [2.24, 2.45) is 5.73 Å². The molecule has 8 nitrogen and oxygen atoms in total. The Morgan fingerprint density at radius 1 is 1.37 bits per heavy atom. The molecule has 1 unspecified atom stereocenters. The number of nitrogens with two attached hydrogens (primary N) is 1. The Hall–Kier alpha value is -3.59. The summed E-state index contributed by atoms with van der Waals surface area (Å²) >= 11 is 0. The van der Waals surface area contributed by atoms with Gasteiger partial charge in [0, 0.05) is 31.4 Å². The summed E-state index contributed by atoms with van der Waals surface area (Å²) in [6, 6.07) is 6.01. The van der Waals surface area contributed by atoms with Gasteiger partial charge in [-0.1, -0.05) is 0 Å². The number of aromatic carboxylic acids is 1. The minimum Gasteiger partial charge on any atom is -0.497 e. The van der Waals surface area contributed by atoms with Crippen molar-refractivity contribution >= 4 is 22.6 Å². The zero-order valence-corrected chi connectivity index (χ0v) is 16.0. The topological polar surface area (TPSA) is 107 Å². The molecule has 2 aliphatic heterocycles. The average molecular weight is 411 g/mol. The van der Waals surface area contributed by atoms with E-state index in [2.05, 4.69) is 0 Å². The minimum atomic E-state index is -1.39. The highest BCUT2D eigenvalue weighted by Crippen LogP contribution is 2.47. The number of fused-ring (bicyclic) bond motifs is 2. The molecule has 0 bridgehead atoms. The van der Waals surface area contributed by atoms with Crippen LogP contribution in [0.15, 0.2) is 35.3 Å². The maximum Gasteiger partial charge on any atom is 0.341 e. The van der Waals surface area contributed by atoms with E-state index in [1.54, 1.807) is 27.7 Å². The SMILES string of the molecule is COc1ccc2c(c1)Oc1c(N3CCC(N)C3)c(F)cc3c(=O)c(C(=O)O)cn-2c13. The molecule has 0 amide bonds. The highest BCUT2D eigenvalue weighted by molar-refractivity contribution is 5.99. The van der Waals surface area contributed by atoms with Crippen LogP contribution >= 0.6 is 0 Å². The second-order valence-electron chi connectivity index (χ2n) is 7.41. The van der Waals surface area contributed by atoms with Crippen LogP contribution in [0.5, 0.6) is 17.2 Å². The van der Waals surface area contributed by atoms with E-state index in [-0.39, 0.29) is 22.9 Å². The number of nitrogens with zero attached hydrogens (tertiary/aromatic N) is 2. The van der Waals surface area contributed by atoms with Crippen LogP contribution in [0.2, 0.25) is 0 Å². The number of ether oxygens (including phenoxy) is 2. The van der Waals surface area contributed by atoms with Crippen molar-refractivity contribution in [3.8, 4) is 22.9 Å². The summed E-state index contributed by atoms with van der Waals surface area (Å²) in [5.41, 5.74) is 5.84. The van der Waals surface area contributed by atoms with Crippen LogP contribution in [0.3, 0.4) is 0 Å². The third kappa shape index (κ3) is 2.55. The van der Waals surface area contributed by atoms with Gasteiger partial charge in [-0.3, -0.25) is 4.79 Å². The summed E-state index contributed by atoms with van der Waals surface area (Å²) in [6.07, 6.45) is 1.95. The van der Waals surface area contributed by atoms with Gasteiger partial charge in [0.2, 0.25) is 5.43 Å². The van der Waals surface area contributed by atoms with E-state index in [1.807, 2.05) is 0 Å². The van der Waals surface area contributed by atoms with Crippen LogP contribution in [0.1, 0.15) is 16.8 Å². The molecule has 0 spiro atoms. The van der Waals surface area contributed by atoms with Gasteiger partial charge < -0.3 is 29.8 Å². The highest BCUT2D eigenvalue weighted by Gasteiger charge is 2.32. The third-order valence-corrected chi connectivity index (χ3v) is 5.58.